The summed E-state index contributed by atoms with van der Waals surface area (Å²) in [4.78, 5) is 9.29. The highest BCUT2D eigenvalue weighted by molar-refractivity contribution is 7.98. The molecule has 1 aromatic heterocycles. The van der Waals surface area contributed by atoms with Crippen LogP contribution in [0.2, 0.25) is 0 Å². The molecule has 0 saturated carbocycles. The topological polar surface area (TPSA) is 37.8 Å². The van der Waals surface area contributed by atoms with E-state index in [1.54, 1.807) is 0 Å². The molecule has 1 aliphatic rings. The number of nitrogens with zero attached hydrogens (tertiary/aromatic N) is 2. The molecule has 2 rings (SSSR count). The Bertz CT molecular complexity index is 396. The molecule has 0 spiro atoms. The Labute approximate surface area is 101 Å². The number of fused-ring (bicyclic) bond motifs is 1. The third-order valence-electron chi connectivity index (χ3n) is 2.55. The summed E-state index contributed by atoms with van der Waals surface area (Å²) in [5.74, 6) is 4.07. The van der Waals surface area contributed by atoms with E-state index in [9.17, 15) is 0 Å². The highest BCUT2D eigenvalue weighted by Crippen LogP contribution is 2.33. The molecule has 16 heavy (non-hydrogen) atoms. The number of rotatable bonds is 2. The predicted octanol–water partition coefficient (Wildman–Crippen LogP) is 2.85. The van der Waals surface area contributed by atoms with E-state index >= 15 is 0 Å². The van der Waals surface area contributed by atoms with Crippen LogP contribution in [0.4, 0.5) is 5.82 Å². The van der Waals surface area contributed by atoms with Crippen LogP contribution in [0.25, 0.3) is 0 Å². The summed E-state index contributed by atoms with van der Waals surface area (Å²) in [6, 6.07) is 0. The molecule has 1 aromatic rings. The van der Waals surface area contributed by atoms with Crippen molar-refractivity contribution in [3.63, 3.8) is 0 Å². The molecule has 0 radical (unpaired) electrons. The van der Waals surface area contributed by atoms with Crippen LogP contribution < -0.4 is 5.32 Å². The molecule has 0 aliphatic carbocycles. The molecule has 0 unspecified atom stereocenters. The van der Waals surface area contributed by atoms with Gasteiger partial charge < -0.3 is 5.32 Å². The van der Waals surface area contributed by atoms with Gasteiger partial charge in [-0.1, -0.05) is 20.8 Å². The van der Waals surface area contributed by atoms with Crippen LogP contribution in [-0.4, -0.2) is 17.0 Å². The minimum atomic E-state index is 0.241. The van der Waals surface area contributed by atoms with Gasteiger partial charge >= 0.3 is 0 Å². The maximum Gasteiger partial charge on any atom is 0.133 e. The Kier molecular flexibility index (Phi) is 3.10. The van der Waals surface area contributed by atoms with Crippen molar-refractivity contribution in [2.75, 3.05) is 12.4 Å². The first-order chi connectivity index (χ1) is 7.49. The van der Waals surface area contributed by atoms with Crippen LogP contribution in [-0.2, 0) is 17.9 Å². The van der Waals surface area contributed by atoms with Crippen molar-refractivity contribution in [3.05, 3.63) is 17.1 Å². The maximum absolute atomic E-state index is 4.68. The van der Waals surface area contributed by atoms with Gasteiger partial charge in [-0.25, -0.2) is 9.97 Å². The smallest absolute Gasteiger partial charge is 0.133 e. The molecule has 0 aromatic carbocycles. The van der Waals surface area contributed by atoms with Gasteiger partial charge in [0, 0.05) is 30.5 Å². The Hall–Kier alpha value is -0.770. The van der Waals surface area contributed by atoms with Gasteiger partial charge in [-0.2, -0.15) is 11.8 Å². The normalized spacial score (nSPS) is 15.0. The van der Waals surface area contributed by atoms with E-state index in [0.717, 1.165) is 29.6 Å². The van der Waals surface area contributed by atoms with E-state index in [-0.39, 0.29) is 5.41 Å². The van der Waals surface area contributed by atoms with E-state index in [0.29, 0.717) is 0 Å². The fraction of sp³-hybridized carbons (Fsp3) is 0.667. The second kappa shape index (κ2) is 4.24. The predicted molar refractivity (Wildman–Crippen MR) is 69.7 cm³/mol. The largest absolute Gasteiger partial charge is 0.373 e. The van der Waals surface area contributed by atoms with Crippen LogP contribution in [0, 0.1) is 5.41 Å². The minimum absolute atomic E-state index is 0.241. The van der Waals surface area contributed by atoms with E-state index in [4.69, 9.17) is 0 Å². The molecular weight excluding hydrogens is 218 g/mol. The first kappa shape index (κ1) is 11.7. The fourth-order valence-electron chi connectivity index (χ4n) is 1.86. The monoisotopic (exact) mass is 237 g/mol. The van der Waals surface area contributed by atoms with Crippen LogP contribution in [0.1, 0.15) is 37.9 Å². The number of hydrogen-bond donors (Lipinski definition) is 1. The van der Waals surface area contributed by atoms with E-state index in [2.05, 4.69) is 36.1 Å². The maximum atomic E-state index is 4.68. The second-order valence-electron chi connectivity index (χ2n) is 5.39. The van der Waals surface area contributed by atoms with E-state index in [1.165, 1.54) is 11.3 Å². The summed E-state index contributed by atoms with van der Waals surface area (Å²) >= 11 is 1.92. The molecule has 0 fully saturated rings. The fourth-order valence-corrected chi connectivity index (χ4v) is 2.90. The van der Waals surface area contributed by atoms with Gasteiger partial charge in [0.05, 0.1) is 5.69 Å². The lowest BCUT2D eigenvalue weighted by molar-refractivity contribution is 0.400. The molecule has 1 N–H and O–H groups in total. The first-order valence-electron chi connectivity index (χ1n) is 5.64. The van der Waals surface area contributed by atoms with Crippen molar-refractivity contribution in [2.45, 2.75) is 38.7 Å². The van der Waals surface area contributed by atoms with Gasteiger partial charge in [0.2, 0.25) is 0 Å². The van der Waals surface area contributed by atoms with Gasteiger partial charge in [-0.05, 0) is 5.41 Å². The molecule has 1 aliphatic heterocycles. The Morgan fingerprint density at radius 3 is 2.62 bits per heavy atom. The van der Waals surface area contributed by atoms with Crippen molar-refractivity contribution < 1.29 is 0 Å². The number of thioether (sulfide) groups is 1. The summed E-state index contributed by atoms with van der Waals surface area (Å²) in [6.07, 6.45) is 0.930. The number of nitrogens with one attached hydrogen (secondary N) is 1. The quantitative estimate of drug-likeness (QED) is 0.858. The van der Waals surface area contributed by atoms with Gasteiger partial charge in [-0.15, -0.1) is 0 Å². The van der Waals surface area contributed by atoms with Gasteiger partial charge in [0.25, 0.3) is 0 Å². The molecular formula is C12H19N3S. The summed E-state index contributed by atoms with van der Waals surface area (Å²) in [5, 5.41) is 3.19. The molecule has 0 saturated heterocycles. The first-order valence-corrected chi connectivity index (χ1v) is 6.79. The van der Waals surface area contributed by atoms with Crippen molar-refractivity contribution in [3.8, 4) is 0 Å². The van der Waals surface area contributed by atoms with Crippen molar-refractivity contribution in [1.82, 2.24) is 9.97 Å². The number of aromatic nitrogens is 2. The standard InChI is InChI=1S/C12H19N3S/c1-12(2,3)5-10-14-9-7-16-6-8(9)11(13-4)15-10/h5-7H2,1-4H3,(H,13,14,15). The summed E-state index contributed by atoms with van der Waals surface area (Å²) in [7, 11) is 1.94. The van der Waals surface area contributed by atoms with Crippen LogP contribution in [0.3, 0.4) is 0 Å². The van der Waals surface area contributed by atoms with E-state index < -0.39 is 0 Å². The SMILES string of the molecule is CNc1nc(CC(C)(C)C)nc2c1CSC2. The second-order valence-corrected chi connectivity index (χ2v) is 6.38. The van der Waals surface area contributed by atoms with Gasteiger partial charge in [-0.3, -0.25) is 0 Å². The van der Waals surface area contributed by atoms with Crippen molar-refractivity contribution in [1.29, 1.82) is 0 Å². The molecule has 2 heterocycles. The Morgan fingerprint density at radius 1 is 1.25 bits per heavy atom. The summed E-state index contributed by atoms with van der Waals surface area (Å²) in [6.45, 7) is 6.66. The zero-order chi connectivity index (χ0) is 11.8. The lowest BCUT2D eigenvalue weighted by atomic mass is 9.92. The molecule has 3 nitrogen and oxygen atoms in total. The molecule has 88 valence electrons. The average molecular weight is 237 g/mol. The van der Waals surface area contributed by atoms with Crippen LogP contribution in [0.5, 0.6) is 0 Å². The number of hydrogen-bond acceptors (Lipinski definition) is 4. The zero-order valence-electron chi connectivity index (χ0n) is 10.4. The summed E-state index contributed by atoms with van der Waals surface area (Å²) < 4.78 is 0. The van der Waals surface area contributed by atoms with Crippen LogP contribution >= 0.6 is 11.8 Å². The lowest BCUT2D eigenvalue weighted by Gasteiger charge is -2.18. The van der Waals surface area contributed by atoms with Gasteiger partial charge in [0.1, 0.15) is 11.6 Å². The third kappa shape index (κ3) is 2.48. The Morgan fingerprint density at radius 2 is 2.00 bits per heavy atom. The zero-order valence-corrected chi connectivity index (χ0v) is 11.2. The van der Waals surface area contributed by atoms with Crippen LogP contribution in [0.15, 0.2) is 0 Å². The molecule has 4 heteroatoms. The highest BCUT2D eigenvalue weighted by atomic mass is 32.2. The Balaban J connectivity index is 2.35. The average Bonchev–Trinajstić information content (AvgIpc) is 2.61. The highest BCUT2D eigenvalue weighted by Gasteiger charge is 2.21. The minimum Gasteiger partial charge on any atom is -0.373 e. The third-order valence-corrected chi connectivity index (χ3v) is 3.52. The molecule has 0 atom stereocenters. The van der Waals surface area contributed by atoms with Crippen molar-refractivity contribution in [2.24, 2.45) is 5.41 Å². The summed E-state index contributed by atoms with van der Waals surface area (Å²) in [5.41, 5.74) is 2.76. The lowest BCUT2D eigenvalue weighted by Crippen LogP contribution is -2.14. The number of anilines is 1. The van der Waals surface area contributed by atoms with Gasteiger partial charge in [0.15, 0.2) is 0 Å². The van der Waals surface area contributed by atoms with E-state index in [1.807, 2.05) is 18.8 Å². The molecule has 0 bridgehead atoms. The molecule has 0 amide bonds. The van der Waals surface area contributed by atoms with Crippen molar-refractivity contribution >= 4 is 17.6 Å².